The van der Waals surface area contributed by atoms with Crippen molar-refractivity contribution in [3.63, 3.8) is 0 Å². The van der Waals surface area contributed by atoms with Crippen molar-refractivity contribution in [1.29, 1.82) is 0 Å². The van der Waals surface area contributed by atoms with E-state index in [1.165, 1.54) is 6.07 Å². The quantitative estimate of drug-likeness (QED) is 0.860. The maximum atomic E-state index is 12.0. The van der Waals surface area contributed by atoms with Crippen LogP contribution in [0.1, 0.15) is 5.56 Å². The molecule has 1 aromatic rings. The van der Waals surface area contributed by atoms with Crippen molar-refractivity contribution in [2.45, 2.75) is 4.90 Å². The minimum atomic E-state index is -3.32. The molecule has 1 aliphatic heterocycles. The standard InChI is InChI=1S/C10H10ClNO2S/c1-12-6-9-4-7-2-3-8(11)5-10(7)15(9,13)14/h2-5,12H,6H2,1H3. The fourth-order valence-electron chi connectivity index (χ4n) is 1.57. The predicted molar refractivity (Wildman–Crippen MR) is 60.5 cm³/mol. The molecular weight excluding hydrogens is 234 g/mol. The molecule has 0 radical (unpaired) electrons. The molecule has 5 heteroatoms. The van der Waals surface area contributed by atoms with Crippen LogP contribution in [0.15, 0.2) is 28.0 Å². The maximum absolute atomic E-state index is 12.0. The molecule has 0 atom stereocenters. The monoisotopic (exact) mass is 243 g/mol. The van der Waals surface area contributed by atoms with Gasteiger partial charge in [0.1, 0.15) is 0 Å². The van der Waals surface area contributed by atoms with Crippen LogP contribution in [0.3, 0.4) is 0 Å². The number of hydrogen-bond acceptors (Lipinski definition) is 3. The molecule has 80 valence electrons. The molecular formula is C10H10ClNO2S. The summed E-state index contributed by atoms with van der Waals surface area (Å²) in [4.78, 5) is 0.697. The Kier molecular flexibility index (Phi) is 2.58. The lowest BCUT2D eigenvalue weighted by molar-refractivity contribution is 0.601. The van der Waals surface area contributed by atoms with Gasteiger partial charge in [-0.05, 0) is 30.8 Å². The smallest absolute Gasteiger partial charge is 0.204 e. The van der Waals surface area contributed by atoms with Gasteiger partial charge in [0.15, 0.2) is 0 Å². The highest BCUT2D eigenvalue weighted by molar-refractivity contribution is 7.95. The van der Waals surface area contributed by atoms with Gasteiger partial charge in [-0.2, -0.15) is 0 Å². The second kappa shape index (κ2) is 3.63. The summed E-state index contributed by atoms with van der Waals surface area (Å²) in [5.41, 5.74) is 0.713. The van der Waals surface area contributed by atoms with Crippen LogP contribution in [0, 0.1) is 0 Å². The highest BCUT2D eigenvalue weighted by Gasteiger charge is 2.28. The normalized spacial score (nSPS) is 17.3. The molecule has 1 aliphatic rings. The van der Waals surface area contributed by atoms with Crippen LogP contribution in [-0.4, -0.2) is 22.0 Å². The maximum Gasteiger partial charge on any atom is 0.204 e. The van der Waals surface area contributed by atoms with Gasteiger partial charge in [-0.25, -0.2) is 8.42 Å². The van der Waals surface area contributed by atoms with Gasteiger partial charge in [0.25, 0.3) is 0 Å². The number of sulfone groups is 1. The predicted octanol–water partition coefficient (Wildman–Crippen LogP) is 1.69. The van der Waals surface area contributed by atoms with Gasteiger partial charge in [-0.1, -0.05) is 17.7 Å². The molecule has 2 rings (SSSR count). The Bertz CT molecular complexity index is 534. The third-order valence-electron chi connectivity index (χ3n) is 2.28. The first-order valence-electron chi connectivity index (χ1n) is 4.45. The van der Waals surface area contributed by atoms with Gasteiger partial charge in [0, 0.05) is 11.6 Å². The Morgan fingerprint density at radius 1 is 1.40 bits per heavy atom. The first kappa shape index (κ1) is 10.7. The minimum absolute atomic E-state index is 0.306. The zero-order chi connectivity index (χ0) is 11.1. The summed E-state index contributed by atoms with van der Waals surface area (Å²) in [5.74, 6) is 0. The van der Waals surface area contributed by atoms with Gasteiger partial charge in [0.2, 0.25) is 9.84 Å². The van der Waals surface area contributed by atoms with Crippen LogP contribution in [0.5, 0.6) is 0 Å². The number of nitrogens with one attached hydrogen (secondary N) is 1. The van der Waals surface area contributed by atoms with Crippen molar-refractivity contribution in [2.75, 3.05) is 13.6 Å². The second-order valence-electron chi connectivity index (χ2n) is 3.33. The summed E-state index contributed by atoms with van der Waals surface area (Å²) in [6.45, 7) is 0.342. The van der Waals surface area contributed by atoms with Crippen LogP contribution in [-0.2, 0) is 9.84 Å². The molecule has 0 saturated heterocycles. The lowest BCUT2D eigenvalue weighted by Gasteiger charge is -2.02. The minimum Gasteiger partial charge on any atom is -0.315 e. The molecule has 1 heterocycles. The lowest BCUT2D eigenvalue weighted by Crippen LogP contribution is -2.15. The Hall–Kier alpha value is -0.840. The third-order valence-corrected chi connectivity index (χ3v) is 4.40. The van der Waals surface area contributed by atoms with Gasteiger partial charge in [0.05, 0.1) is 9.80 Å². The van der Waals surface area contributed by atoms with Crippen molar-refractivity contribution in [3.05, 3.63) is 33.7 Å². The Morgan fingerprint density at radius 3 is 2.80 bits per heavy atom. The molecule has 0 fully saturated rings. The molecule has 0 saturated carbocycles. The van der Waals surface area contributed by atoms with E-state index in [0.29, 0.717) is 26.9 Å². The summed E-state index contributed by atoms with van der Waals surface area (Å²) in [7, 11) is -1.60. The summed E-state index contributed by atoms with van der Waals surface area (Å²) in [6, 6.07) is 4.90. The van der Waals surface area contributed by atoms with Crippen molar-refractivity contribution >= 4 is 27.5 Å². The van der Waals surface area contributed by atoms with Crippen molar-refractivity contribution in [3.8, 4) is 0 Å². The highest BCUT2D eigenvalue weighted by Crippen LogP contribution is 2.33. The van der Waals surface area contributed by atoms with Crippen molar-refractivity contribution in [2.24, 2.45) is 0 Å². The Morgan fingerprint density at radius 2 is 2.13 bits per heavy atom. The van der Waals surface area contributed by atoms with Gasteiger partial charge < -0.3 is 5.32 Å². The molecule has 15 heavy (non-hydrogen) atoms. The van der Waals surface area contributed by atoms with Gasteiger partial charge in [-0.15, -0.1) is 0 Å². The van der Waals surface area contributed by atoms with Crippen LogP contribution >= 0.6 is 11.6 Å². The Balaban J connectivity index is 2.58. The summed E-state index contributed by atoms with van der Waals surface area (Å²) < 4.78 is 23.9. The topological polar surface area (TPSA) is 46.2 Å². The molecule has 0 unspecified atom stereocenters. The first-order valence-corrected chi connectivity index (χ1v) is 6.31. The number of benzene rings is 1. The van der Waals surface area contributed by atoms with E-state index in [2.05, 4.69) is 5.32 Å². The number of rotatable bonds is 2. The molecule has 0 bridgehead atoms. The zero-order valence-electron chi connectivity index (χ0n) is 8.12. The largest absolute Gasteiger partial charge is 0.315 e. The number of hydrogen-bond donors (Lipinski definition) is 1. The van der Waals surface area contributed by atoms with E-state index < -0.39 is 9.84 Å². The Labute approximate surface area is 93.7 Å². The molecule has 3 nitrogen and oxygen atoms in total. The fourth-order valence-corrected chi connectivity index (χ4v) is 3.43. The van der Waals surface area contributed by atoms with E-state index in [9.17, 15) is 8.42 Å². The average molecular weight is 244 g/mol. The van der Waals surface area contributed by atoms with Gasteiger partial charge in [-0.3, -0.25) is 0 Å². The van der Waals surface area contributed by atoms with Crippen molar-refractivity contribution in [1.82, 2.24) is 5.32 Å². The number of halogens is 1. The van der Waals surface area contributed by atoms with Crippen LogP contribution in [0.2, 0.25) is 5.02 Å². The number of fused-ring (bicyclic) bond motifs is 1. The zero-order valence-corrected chi connectivity index (χ0v) is 9.69. The summed E-state index contributed by atoms with van der Waals surface area (Å²) in [5, 5.41) is 3.28. The summed E-state index contributed by atoms with van der Waals surface area (Å²) >= 11 is 5.77. The molecule has 1 N–H and O–H groups in total. The van der Waals surface area contributed by atoms with Crippen molar-refractivity contribution < 1.29 is 8.42 Å². The van der Waals surface area contributed by atoms with E-state index in [1.54, 1.807) is 25.3 Å². The molecule has 0 amide bonds. The summed E-state index contributed by atoms with van der Waals surface area (Å²) in [6.07, 6.45) is 1.68. The SMILES string of the molecule is CNCC1=Cc2ccc(Cl)cc2S1(=O)=O. The van der Waals surface area contributed by atoms with Crippen LogP contribution in [0.25, 0.3) is 6.08 Å². The van der Waals surface area contributed by atoms with Crippen LogP contribution < -0.4 is 5.32 Å². The third kappa shape index (κ3) is 1.69. The molecule has 0 aromatic heterocycles. The molecule has 0 aliphatic carbocycles. The fraction of sp³-hybridized carbons (Fsp3) is 0.200. The molecule has 0 spiro atoms. The van der Waals surface area contributed by atoms with E-state index in [4.69, 9.17) is 11.6 Å². The lowest BCUT2D eigenvalue weighted by atomic mass is 10.2. The van der Waals surface area contributed by atoms with E-state index >= 15 is 0 Å². The molecule has 1 aromatic carbocycles. The van der Waals surface area contributed by atoms with E-state index in [-0.39, 0.29) is 0 Å². The second-order valence-corrected chi connectivity index (χ2v) is 5.73. The van der Waals surface area contributed by atoms with E-state index in [0.717, 1.165) is 0 Å². The van der Waals surface area contributed by atoms with Gasteiger partial charge >= 0.3 is 0 Å². The van der Waals surface area contributed by atoms with E-state index in [1.807, 2.05) is 0 Å². The first-order chi connectivity index (χ1) is 7.05. The highest BCUT2D eigenvalue weighted by atomic mass is 35.5. The number of likely N-dealkylation sites (N-methyl/N-ethyl adjacent to an activating group) is 1. The average Bonchev–Trinajstić information content (AvgIpc) is 2.41. The van der Waals surface area contributed by atoms with Crippen LogP contribution in [0.4, 0.5) is 0 Å².